The molecule has 27 heavy (non-hydrogen) atoms. The lowest BCUT2D eigenvalue weighted by molar-refractivity contribution is -0.137. The lowest BCUT2D eigenvalue weighted by atomic mass is 9.92. The van der Waals surface area contributed by atoms with E-state index in [1.807, 2.05) is 12.2 Å². The Morgan fingerprint density at radius 2 is 2.04 bits per heavy atom. The highest BCUT2D eigenvalue weighted by molar-refractivity contribution is 7.19. The van der Waals surface area contributed by atoms with Gasteiger partial charge in [-0.05, 0) is 38.0 Å². The van der Waals surface area contributed by atoms with E-state index in [-0.39, 0.29) is 18.1 Å². The molecule has 2 heterocycles. The first-order chi connectivity index (χ1) is 12.5. The first-order valence-corrected chi connectivity index (χ1v) is 9.44. The van der Waals surface area contributed by atoms with Gasteiger partial charge in [0.25, 0.3) is 0 Å². The average Bonchev–Trinajstić information content (AvgIpc) is 2.96. The maximum Gasteiger partial charge on any atom is 0.416 e. The summed E-state index contributed by atoms with van der Waals surface area (Å²) in [4.78, 5) is 11.5. The van der Waals surface area contributed by atoms with E-state index in [1.54, 1.807) is 19.9 Å². The third-order valence-corrected chi connectivity index (χ3v) is 5.65. The molecule has 0 aromatic heterocycles. The number of rotatable bonds is 4. The van der Waals surface area contributed by atoms with E-state index in [9.17, 15) is 18.0 Å². The highest BCUT2D eigenvalue weighted by Crippen LogP contribution is 2.34. The highest BCUT2D eigenvalue weighted by Gasteiger charge is 2.40. The van der Waals surface area contributed by atoms with Gasteiger partial charge >= 0.3 is 6.18 Å². The molecule has 0 saturated carbocycles. The molecule has 1 unspecified atom stereocenters. The number of aryl methyl sites for hydroxylation is 1. The molecule has 0 aliphatic carbocycles. The second-order valence-electron chi connectivity index (χ2n) is 7.51. The van der Waals surface area contributed by atoms with E-state index in [4.69, 9.17) is 4.74 Å². The second kappa shape index (κ2) is 7.19. The van der Waals surface area contributed by atoms with E-state index in [2.05, 4.69) is 19.9 Å². The van der Waals surface area contributed by atoms with Crippen LogP contribution in [-0.2, 0) is 15.7 Å². The molecule has 4 nitrogen and oxygen atoms in total. The molecule has 1 aromatic rings. The standard InChI is InChI=1S/C19H24F3N2O2P/c1-12-7-14(9-15(8-12)19(20,21)22)13(2)26-11-18(27)6-5-17(10-23-18)4-3-16(25)24-17/h5-9,13,23H,3-4,10-11,27H2,1-2H3,(H,24,25)/t13-,17-,18+/m1/s1. The zero-order valence-corrected chi connectivity index (χ0v) is 16.5. The summed E-state index contributed by atoms with van der Waals surface area (Å²) >= 11 is 0. The van der Waals surface area contributed by atoms with Crippen molar-refractivity contribution in [2.24, 2.45) is 0 Å². The van der Waals surface area contributed by atoms with Gasteiger partial charge in [0, 0.05) is 13.0 Å². The number of benzene rings is 1. The van der Waals surface area contributed by atoms with Crippen LogP contribution >= 0.6 is 9.24 Å². The number of alkyl halides is 3. The number of nitrogens with one attached hydrogen (secondary N) is 2. The van der Waals surface area contributed by atoms with Crippen LogP contribution in [0.1, 0.15) is 42.6 Å². The molecule has 1 fully saturated rings. The number of amides is 1. The lowest BCUT2D eigenvalue weighted by Crippen LogP contribution is -2.57. The Balaban J connectivity index is 1.66. The quantitative estimate of drug-likeness (QED) is 0.601. The molecule has 2 N–H and O–H groups in total. The van der Waals surface area contributed by atoms with Crippen LogP contribution in [0.2, 0.25) is 0 Å². The van der Waals surface area contributed by atoms with Crippen LogP contribution in [0.4, 0.5) is 13.2 Å². The van der Waals surface area contributed by atoms with Crippen LogP contribution in [0, 0.1) is 6.92 Å². The van der Waals surface area contributed by atoms with Crippen molar-refractivity contribution < 1.29 is 22.7 Å². The number of carbonyl (C=O) groups excluding carboxylic acids is 1. The summed E-state index contributed by atoms with van der Waals surface area (Å²) in [7, 11) is 2.69. The summed E-state index contributed by atoms with van der Waals surface area (Å²) in [5.74, 6) is 0.0440. The van der Waals surface area contributed by atoms with E-state index in [0.717, 1.165) is 18.6 Å². The topological polar surface area (TPSA) is 50.4 Å². The largest absolute Gasteiger partial charge is 0.416 e. The van der Waals surface area contributed by atoms with E-state index in [0.29, 0.717) is 24.1 Å². The molecule has 1 amide bonds. The fourth-order valence-corrected chi connectivity index (χ4v) is 3.71. The summed E-state index contributed by atoms with van der Waals surface area (Å²) in [5.41, 5.74) is 0.0323. The smallest absolute Gasteiger partial charge is 0.371 e. The Labute approximate surface area is 159 Å². The summed E-state index contributed by atoms with van der Waals surface area (Å²) in [5, 5.41) is 5.81. The van der Waals surface area contributed by atoms with Gasteiger partial charge in [-0.2, -0.15) is 13.2 Å². The van der Waals surface area contributed by atoms with Gasteiger partial charge in [0.05, 0.1) is 29.1 Å². The minimum atomic E-state index is -4.38. The second-order valence-corrected chi connectivity index (χ2v) is 8.55. The maximum absolute atomic E-state index is 13.0. The molecule has 2 aliphatic rings. The zero-order valence-electron chi connectivity index (χ0n) is 15.3. The van der Waals surface area contributed by atoms with Crippen molar-refractivity contribution in [2.75, 3.05) is 13.2 Å². The van der Waals surface area contributed by atoms with Gasteiger partial charge < -0.3 is 15.4 Å². The van der Waals surface area contributed by atoms with E-state index >= 15 is 0 Å². The normalized spacial score (nSPS) is 29.2. The maximum atomic E-state index is 13.0. The lowest BCUT2D eigenvalue weighted by Gasteiger charge is -2.39. The van der Waals surface area contributed by atoms with Gasteiger partial charge in [0.2, 0.25) is 5.91 Å². The van der Waals surface area contributed by atoms with Crippen molar-refractivity contribution in [3.05, 3.63) is 47.0 Å². The number of carbonyl (C=O) groups is 1. The molecular weight excluding hydrogens is 376 g/mol. The molecule has 1 spiro atoms. The Bertz CT molecular complexity index is 768. The van der Waals surface area contributed by atoms with Crippen LogP contribution < -0.4 is 10.6 Å². The SMILES string of the molecule is Cc1cc([C@@H](C)OC[C@@]2(P)C=C[C@]3(CCC(=O)N3)CN2)cc(C(F)(F)F)c1. The third-order valence-electron chi connectivity index (χ3n) is 5.09. The molecular formula is C19H24F3N2O2P. The Morgan fingerprint density at radius 1 is 1.30 bits per heavy atom. The molecule has 0 bridgehead atoms. The number of halogens is 3. The number of hydrogen-bond donors (Lipinski definition) is 2. The Kier molecular flexibility index (Phi) is 5.41. The van der Waals surface area contributed by atoms with Crippen LogP contribution in [0.15, 0.2) is 30.4 Å². The molecule has 1 aromatic carbocycles. The third kappa shape index (κ3) is 4.71. The van der Waals surface area contributed by atoms with Crippen LogP contribution in [0.5, 0.6) is 0 Å². The summed E-state index contributed by atoms with van der Waals surface area (Å²) in [6, 6.07) is 3.98. The van der Waals surface area contributed by atoms with Gasteiger partial charge in [-0.1, -0.05) is 23.8 Å². The fourth-order valence-electron chi connectivity index (χ4n) is 3.41. The van der Waals surface area contributed by atoms with E-state index in [1.165, 1.54) is 0 Å². The first kappa shape index (κ1) is 20.3. The van der Waals surface area contributed by atoms with Gasteiger partial charge in [0.15, 0.2) is 0 Å². The average molecular weight is 400 g/mol. The van der Waals surface area contributed by atoms with Crippen LogP contribution in [-0.4, -0.2) is 29.9 Å². The van der Waals surface area contributed by atoms with Crippen molar-refractivity contribution in [1.29, 1.82) is 0 Å². The fraction of sp³-hybridized carbons (Fsp3) is 0.526. The molecule has 3 rings (SSSR count). The van der Waals surface area contributed by atoms with Gasteiger partial charge in [-0.25, -0.2) is 0 Å². The van der Waals surface area contributed by atoms with Gasteiger partial charge in [0.1, 0.15) is 0 Å². The van der Waals surface area contributed by atoms with Crippen molar-refractivity contribution >= 4 is 15.1 Å². The number of hydrogen-bond acceptors (Lipinski definition) is 3. The van der Waals surface area contributed by atoms with Crippen molar-refractivity contribution in [2.45, 2.75) is 49.8 Å². The van der Waals surface area contributed by atoms with Crippen molar-refractivity contribution in [3.63, 3.8) is 0 Å². The molecule has 0 radical (unpaired) electrons. The zero-order chi connectivity index (χ0) is 19.9. The molecule has 8 heteroatoms. The van der Waals surface area contributed by atoms with E-state index < -0.39 is 23.1 Å². The molecule has 148 valence electrons. The Hall–Kier alpha value is -1.43. The summed E-state index contributed by atoms with van der Waals surface area (Å²) in [6.07, 6.45) is 0.326. The van der Waals surface area contributed by atoms with Gasteiger partial charge in [-0.15, -0.1) is 9.24 Å². The van der Waals surface area contributed by atoms with Gasteiger partial charge in [-0.3, -0.25) is 4.79 Å². The molecule has 1 saturated heterocycles. The predicted molar refractivity (Wildman–Crippen MR) is 100 cm³/mol. The van der Waals surface area contributed by atoms with Crippen molar-refractivity contribution in [3.8, 4) is 0 Å². The summed E-state index contributed by atoms with van der Waals surface area (Å²) in [6.45, 7) is 4.24. The number of ether oxygens (including phenoxy) is 1. The minimum absolute atomic E-state index is 0.0440. The summed E-state index contributed by atoms with van der Waals surface area (Å²) < 4.78 is 45.0. The molecule has 2 aliphatic heterocycles. The predicted octanol–water partition coefficient (Wildman–Crippen LogP) is 3.47. The molecule has 4 atom stereocenters. The Morgan fingerprint density at radius 3 is 2.59 bits per heavy atom. The van der Waals surface area contributed by atoms with Crippen LogP contribution in [0.25, 0.3) is 0 Å². The monoisotopic (exact) mass is 400 g/mol. The van der Waals surface area contributed by atoms with Crippen molar-refractivity contribution in [1.82, 2.24) is 10.6 Å². The first-order valence-electron chi connectivity index (χ1n) is 8.86. The van der Waals surface area contributed by atoms with Crippen LogP contribution in [0.3, 0.4) is 0 Å². The minimum Gasteiger partial charge on any atom is -0.371 e. The highest BCUT2D eigenvalue weighted by atomic mass is 31.0.